The lowest BCUT2D eigenvalue weighted by atomic mass is 10.1. The summed E-state index contributed by atoms with van der Waals surface area (Å²) in [5.74, 6) is 0.447. The van der Waals surface area contributed by atoms with Crippen LogP contribution in [0.25, 0.3) is 0 Å². The van der Waals surface area contributed by atoms with Crippen molar-refractivity contribution in [3.05, 3.63) is 22.9 Å². The van der Waals surface area contributed by atoms with Crippen LogP contribution >= 0.6 is 0 Å². The molecule has 0 bridgehead atoms. The van der Waals surface area contributed by atoms with Gasteiger partial charge >= 0.3 is 0 Å². The van der Waals surface area contributed by atoms with Gasteiger partial charge in [0.1, 0.15) is 18.2 Å². The van der Waals surface area contributed by atoms with Crippen molar-refractivity contribution in [1.29, 1.82) is 5.26 Å². The summed E-state index contributed by atoms with van der Waals surface area (Å²) in [5, 5.41) is 12.3. The first-order valence-electron chi connectivity index (χ1n) is 5.91. The molecule has 0 atom stereocenters. The van der Waals surface area contributed by atoms with Crippen LogP contribution in [0, 0.1) is 25.2 Å². The van der Waals surface area contributed by atoms with Gasteiger partial charge in [0.25, 0.3) is 0 Å². The van der Waals surface area contributed by atoms with Crippen molar-refractivity contribution in [2.24, 2.45) is 0 Å². The summed E-state index contributed by atoms with van der Waals surface area (Å²) < 4.78 is 5.54. The maximum absolute atomic E-state index is 9.05. The molecular weight excluding hydrogens is 214 g/mol. The fourth-order valence-electron chi connectivity index (χ4n) is 1.56. The summed E-state index contributed by atoms with van der Waals surface area (Å²) in [5.41, 5.74) is 2.32. The minimum absolute atomic E-state index is 0.447. The van der Waals surface area contributed by atoms with Crippen LogP contribution in [0.4, 0.5) is 0 Å². The van der Waals surface area contributed by atoms with Gasteiger partial charge in [-0.25, -0.2) is 4.98 Å². The molecule has 1 rings (SSSR count). The molecule has 0 unspecified atom stereocenters. The van der Waals surface area contributed by atoms with Gasteiger partial charge in [-0.1, -0.05) is 6.92 Å². The molecule has 92 valence electrons. The number of aryl methyl sites for hydroxylation is 2. The average molecular weight is 233 g/mol. The van der Waals surface area contributed by atoms with Crippen LogP contribution in [-0.4, -0.2) is 24.7 Å². The summed E-state index contributed by atoms with van der Waals surface area (Å²) in [4.78, 5) is 4.25. The molecule has 0 aliphatic heterocycles. The summed E-state index contributed by atoms with van der Waals surface area (Å²) in [7, 11) is 0. The Kier molecular flexibility index (Phi) is 5.44. The van der Waals surface area contributed by atoms with Crippen molar-refractivity contribution < 1.29 is 4.74 Å². The van der Waals surface area contributed by atoms with Crippen LogP contribution < -0.4 is 10.1 Å². The van der Waals surface area contributed by atoms with E-state index in [2.05, 4.69) is 23.3 Å². The normalized spacial score (nSPS) is 10.0. The van der Waals surface area contributed by atoms with Crippen molar-refractivity contribution in [2.75, 3.05) is 19.7 Å². The first-order chi connectivity index (χ1) is 8.19. The molecular formula is C13H19N3O. The Bertz CT molecular complexity index is 410. The highest BCUT2D eigenvalue weighted by Gasteiger charge is 2.09. The van der Waals surface area contributed by atoms with Gasteiger partial charge in [-0.3, -0.25) is 0 Å². The Morgan fingerprint density at radius 2 is 2.18 bits per heavy atom. The van der Waals surface area contributed by atoms with Crippen molar-refractivity contribution in [1.82, 2.24) is 10.3 Å². The van der Waals surface area contributed by atoms with Gasteiger partial charge in [-0.05, 0) is 38.4 Å². The molecule has 0 amide bonds. The van der Waals surface area contributed by atoms with E-state index in [1.165, 1.54) is 0 Å². The molecule has 17 heavy (non-hydrogen) atoms. The first kappa shape index (κ1) is 13.5. The van der Waals surface area contributed by atoms with Gasteiger partial charge in [0.2, 0.25) is 5.88 Å². The molecule has 0 aliphatic rings. The van der Waals surface area contributed by atoms with Crippen LogP contribution in [0.1, 0.15) is 30.2 Å². The fraction of sp³-hybridized carbons (Fsp3) is 0.538. The molecule has 0 aromatic carbocycles. The monoisotopic (exact) mass is 233 g/mol. The zero-order valence-electron chi connectivity index (χ0n) is 10.7. The van der Waals surface area contributed by atoms with E-state index < -0.39 is 0 Å². The first-order valence-corrected chi connectivity index (χ1v) is 5.91. The van der Waals surface area contributed by atoms with Gasteiger partial charge in [-0.2, -0.15) is 5.26 Å². The highest BCUT2D eigenvalue weighted by Crippen LogP contribution is 2.19. The van der Waals surface area contributed by atoms with Gasteiger partial charge in [0.15, 0.2) is 0 Å². The van der Waals surface area contributed by atoms with Crippen molar-refractivity contribution in [3.63, 3.8) is 0 Å². The quantitative estimate of drug-likeness (QED) is 0.763. The zero-order chi connectivity index (χ0) is 12.7. The molecule has 0 saturated carbocycles. The molecule has 1 aromatic rings. The van der Waals surface area contributed by atoms with Crippen LogP contribution in [0.5, 0.6) is 5.88 Å². The summed E-state index contributed by atoms with van der Waals surface area (Å²) in [6, 6.07) is 4.02. The Morgan fingerprint density at radius 1 is 1.41 bits per heavy atom. The number of nitriles is 1. The minimum Gasteiger partial charge on any atom is -0.475 e. The number of aromatic nitrogens is 1. The molecule has 0 fully saturated rings. The topological polar surface area (TPSA) is 57.9 Å². The Morgan fingerprint density at radius 3 is 2.82 bits per heavy atom. The number of pyridine rings is 1. The number of nitrogens with one attached hydrogen (secondary N) is 1. The van der Waals surface area contributed by atoms with Crippen LogP contribution in [-0.2, 0) is 0 Å². The van der Waals surface area contributed by atoms with E-state index in [0.29, 0.717) is 18.1 Å². The highest BCUT2D eigenvalue weighted by molar-refractivity contribution is 5.45. The molecule has 0 spiro atoms. The van der Waals surface area contributed by atoms with E-state index in [-0.39, 0.29) is 0 Å². The Hall–Kier alpha value is -1.60. The van der Waals surface area contributed by atoms with E-state index in [9.17, 15) is 0 Å². The third-order valence-electron chi connectivity index (χ3n) is 2.37. The van der Waals surface area contributed by atoms with E-state index in [1.54, 1.807) is 0 Å². The van der Waals surface area contributed by atoms with Crippen molar-refractivity contribution in [3.8, 4) is 11.9 Å². The molecule has 4 nitrogen and oxygen atoms in total. The third-order valence-corrected chi connectivity index (χ3v) is 2.37. The summed E-state index contributed by atoms with van der Waals surface area (Å²) in [6.07, 6.45) is 1.10. The van der Waals surface area contributed by atoms with Gasteiger partial charge in [-0.15, -0.1) is 0 Å². The van der Waals surface area contributed by atoms with Gasteiger partial charge in [0.05, 0.1) is 0 Å². The lowest BCUT2D eigenvalue weighted by molar-refractivity contribution is 0.301. The molecule has 1 N–H and O–H groups in total. The molecule has 0 saturated heterocycles. The zero-order valence-corrected chi connectivity index (χ0v) is 10.7. The minimum atomic E-state index is 0.447. The van der Waals surface area contributed by atoms with E-state index in [4.69, 9.17) is 10.00 Å². The van der Waals surface area contributed by atoms with Crippen molar-refractivity contribution in [2.45, 2.75) is 27.2 Å². The molecule has 1 heterocycles. The van der Waals surface area contributed by atoms with Crippen LogP contribution in [0.3, 0.4) is 0 Å². The van der Waals surface area contributed by atoms with E-state index in [0.717, 1.165) is 30.8 Å². The molecule has 0 radical (unpaired) electrons. The van der Waals surface area contributed by atoms with Crippen LogP contribution in [0.15, 0.2) is 6.07 Å². The molecule has 1 aromatic heterocycles. The summed E-state index contributed by atoms with van der Waals surface area (Å²) >= 11 is 0. The van der Waals surface area contributed by atoms with E-state index >= 15 is 0 Å². The smallest absolute Gasteiger partial charge is 0.232 e. The average Bonchev–Trinajstić information content (AvgIpc) is 2.28. The third kappa shape index (κ3) is 4.04. The largest absolute Gasteiger partial charge is 0.475 e. The Balaban J connectivity index is 2.61. The lowest BCUT2D eigenvalue weighted by Crippen LogP contribution is -2.22. The SMILES string of the molecule is CCCNCCOc1nc(C)cc(C)c1C#N. The second kappa shape index (κ2) is 6.87. The van der Waals surface area contributed by atoms with Crippen LogP contribution in [0.2, 0.25) is 0 Å². The lowest BCUT2D eigenvalue weighted by Gasteiger charge is -2.09. The maximum atomic E-state index is 9.05. The maximum Gasteiger partial charge on any atom is 0.232 e. The highest BCUT2D eigenvalue weighted by atomic mass is 16.5. The Labute approximate surface area is 103 Å². The summed E-state index contributed by atoms with van der Waals surface area (Å²) in [6.45, 7) is 8.20. The van der Waals surface area contributed by atoms with Gasteiger partial charge < -0.3 is 10.1 Å². The predicted octanol–water partition coefficient (Wildman–Crippen LogP) is 1.95. The molecule has 4 heteroatoms. The molecule has 0 aliphatic carbocycles. The fourth-order valence-corrected chi connectivity index (χ4v) is 1.56. The standard InChI is InChI=1S/C13H19N3O/c1-4-5-15-6-7-17-13-12(9-14)10(2)8-11(3)16-13/h8,15H,4-7H2,1-3H3. The number of ether oxygens (including phenoxy) is 1. The van der Waals surface area contributed by atoms with Gasteiger partial charge in [0, 0.05) is 12.2 Å². The van der Waals surface area contributed by atoms with Crippen molar-refractivity contribution >= 4 is 0 Å². The van der Waals surface area contributed by atoms with E-state index in [1.807, 2.05) is 19.9 Å². The predicted molar refractivity (Wildman–Crippen MR) is 67.1 cm³/mol. The number of rotatable bonds is 6. The second-order valence-electron chi connectivity index (χ2n) is 3.97. The number of nitrogens with zero attached hydrogens (tertiary/aromatic N) is 2. The number of hydrogen-bond donors (Lipinski definition) is 1. The second-order valence-corrected chi connectivity index (χ2v) is 3.97. The number of hydrogen-bond acceptors (Lipinski definition) is 4.